The zero-order chi connectivity index (χ0) is 13.5. The number of hydrogen-bond acceptors (Lipinski definition) is 4. The maximum atomic E-state index is 11.6. The van der Waals surface area contributed by atoms with Crippen molar-refractivity contribution in [1.82, 2.24) is 9.97 Å². The van der Waals surface area contributed by atoms with E-state index in [2.05, 4.69) is 10.4 Å². The van der Waals surface area contributed by atoms with Gasteiger partial charge in [0.2, 0.25) is 0 Å². The van der Waals surface area contributed by atoms with Crippen molar-refractivity contribution in [3.63, 3.8) is 0 Å². The minimum absolute atomic E-state index is 0.232. The quantitative estimate of drug-likeness (QED) is 0.937. The first-order valence-corrected chi connectivity index (χ1v) is 8.08. The van der Waals surface area contributed by atoms with Crippen molar-refractivity contribution >= 4 is 27.5 Å². The van der Waals surface area contributed by atoms with Crippen LogP contribution in [0.4, 0.5) is 0 Å². The second-order valence-corrected chi connectivity index (χ2v) is 7.36. The van der Waals surface area contributed by atoms with E-state index in [1.54, 1.807) is 11.3 Å². The van der Waals surface area contributed by atoms with E-state index in [9.17, 15) is 9.90 Å². The van der Waals surface area contributed by atoms with E-state index < -0.39 is 5.97 Å². The molecule has 5 rings (SSSR count). The van der Waals surface area contributed by atoms with Crippen LogP contribution >= 0.6 is 11.3 Å². The summed E-state index contributed by atoms with van der Waals surface area (Å²) in [5.41, 5.74) is 1.85. The molecule has 102 valence electrons. The minimum atomic E-state index is -0.913. The third-order valence-electron chi connectivity index (χ3n) is 5.09. The van der Waals surface area contributed by atoms with E-state index in [-0.39, 0.29) is 5.69 Å². The summed E-state index contributed by atoms with van der Waals surface area (Å²) in [5, 5.41) is 12.4. The number of carbonyl (C=O) groups is 1. The van der Waals surface area contributed by atoms with E-state index in [0.717, 1.165) is 28.0 Å². The highest BCUT2D eigenvalue weighted by Crippen LogP contribution is 2.74. The van der Waals surface area contributed by atoms with Gasteiger partial charge in [0.25, 0.3) is 0 Å². The van der Waals surface area contributed by atoms with E-state index in [0.29, 0.717) is 17.3 Å². The maximum absolute atomic E-state index is 11.6. The number of rotatable bonds is 3. The average Bonchev–Trinajstić information content (AvgIpc) is 3.33. The Kier molecular flexibility index (Phi) is 1.90. The molecule has 2 aromatic heterocycles. The van der Waals surface area contributed by atoms with Crippen LogP contribution in [0.5, 0.6) is 0 Å². The zero-order valence-corrected chi connectivity index (χ0v) is 11.7. The predicted molar refractivity (Wildman–Crippen MR) is 75.4 cm³/mol. The van der Waals surface area contributed by atoms with Crippen LogP contribution in [0.3, 0.4) is 0 Å². The molecule has 1 spiro atoms. The van der Waals surface area contributed by atoms with Crippen molar-refractivity contribution in [2.45, 2.75) is 43.9 Å². The Bertz CT molecular complexity index is 759. The van der Waals surface area contributed by atoms with Crippen molar-refractivity contribution in [2.75, 3.05) is 0 Å². The molecule has 0 bridgehead atoms. The average molecular weight is 286 g/mol. The van der Waals surface area contributed by atoms with Crippen LogP contribution in [-0.2, 0) is 0 Å². The first kappa shape index (κ1) is 11.2. The second kappa shape index (κ2) is 3.39. The summed E-state index contributed by atoms with van der Waals surface area (Å²) in [7, 11) is 0. The monoisotopic (exact) mass is 286 g/mol. The molecule has 2 heterocycles. The van der Waals surface area contributed by atoms with Crippen molar-refractivity contribution in [2.24, 2.45) is 5.41 Å². The topological polar surface area (TPSA) is 63.1 Å². The maximum Gasteiger partial charge on any atom is 0.355 e. The van der Waals surface area contributed by atoms with Crippen LogP contribution in [0.25, 0.3) is 10.2 Å². The summed E-state index contributed by atoms with van der Waals surface area (Å²) < 4.78 is 0. The zero-order valence-electron chi connectivity index (χ0n) is 10.9. The molecule has 0 saturated heterocycles. The number of thiophene rings is 1. The molecular formula is C15H14N2O2S. The fraction of sp³-hybridized carbons (Fsp3) is 0.533. The molecule has 3 aliphatic rings. The summed E-state index contributed by atoms with van der Waals surface area (Å²) in [6, 6.07) is 0. The molecule has 0 radical (unpaired) electrons. The van der Waals surface area contributed by atoms with Gasteiger partial charge in [-0.2, -0.15) is 0 Å². The van der Waals surface area contributed by atoms with Crippen LogP contribution in [0.1, 0.15) is 65.8 Å². The predicted octanol–water partition coefficient (Wildman–Crippen LogP) is 3.53. The summed E-state index contributed by atoms with van der Waals surface area (Å²) >= 11 is 1.58. The molecule has 3 aliphatic carbocycles. The number of aromatic nitrogens is 2. The molecule has 20 heavy (non-hydrogen) atoms. The summed E-state index contributed by atoms with van der Waals surface area (Å²) in [4.78, 5) is 21.6. The molecule has 1 N–H and O–H groups in total. The highest BCUT2D eigenvalue weighted by molar-refractivity contribution is 7.17. The third-order valence-corrected chi connectivity index (χ3v) is 5.98. The molecule has 3 fully saturated rings. The number of aromatic carboxylic acids is 1. The Morgan fingerprint density at radius 1 is 1.35 bits per heavy atom. The van der Waals surface area contributed by atoms with Crippen molar-refractivity contribution < 1.29 is 9.90 Å². The lowest BCUT2D eigenvalue weighted by Gasteiger charge is -2.04. The lowest BCUT2D eigenvalue weighted by atomic mass is 10.1. The fourth-order valence-corrected chi connectivity index (χ4v) is 4.44. The third kappa shape index (κ3) is 1.44. The van der Waals surface area contributed by atoms with Crippen molar-refractivity contribution in [3.05, 3.63) is 22.5 Å². The van der Waals surface area contributed by atoms with Gasteiger partial charge in [-0.1, -0.05) is 0 Å². The fourth-order valence-electron chi connectivity index (χ4n) is 3.41. The van der Waals surface area contributed by atoms with Gasteiger partial charge in [0, 0.05) is 11.3 Å². The molecule has 5 heteroatoms. The number of hydrogen-bond donors (Lipinski definition) is 1. The standard InChI is InChI=1S/C15H14N2O2S/c18-14(19)11-10-8(7-1-2-7)6-20-13(10)17-12(16-11)9-5-15(9)3-4-15/h6-7,9H,1-5H2,(H,18,19). The Morgan fingerprint density at radius 2 is 2.15 bits per heavy atom. The lowest BCUT2D eigenvalue weighted by molar-refractivity contribution is 0.0692. The van der Waals surface area contributed by atoms with Gasteiger partial charge in [-0.3, -0.25) is 0 Å². The van der Waals surface area contributed by atoms with Crippen LogP contribution in [0.15, 0.2) is 5.38 Å². The minimum Gasteiger partial charge on any atom is -0.476 e. The van der Waals surface area contributed by atoms with Crippen molar-refractivity contribution in [1.29, 1.82) is 0 Å². The highest BCUT2D eigenvalue weighted by atomic mass is 32.1. The van der Waals surface area contributed by atoms with E-state index >= 15 is 0 Å². The van der Waals surface area contributed by atoms with Crippen LogP contribution in [0, 0.1) is 5.41 Å². The molecule has 4 nitrogen and oxygen atoms in total. The summed E-state index contributed by atoms with van der Waals surface area (Å²) in [6.07, 6.45) is 6.01. The van der Waals surface area contributed by atoms with Gasteiger partial charge in [0.1, 0.15) is 10.7 Å². The van der Waals surface area contributed by atoms with Gasteiger partial charge in [0.15, 0.2) is 5.69 Å². The number of fused-ring (bicyclic) bond motifs is 1. The van der Waals surface area contributed by atoms with Crippen LogP contribution in [-0.4, -0.2) is 21.0 Å². The van der Waals surface area contributed by atoms with E-state index in [1.165, 1.54) is 25.7 Å². The normalized spacial score (nSPS) is 26.1. The SMILES string of the molecule is O=C(O)c1nc(C2CC23CC3)nc2scc(C3CC3)c12. The van der Waals surface area contributed by atoms with Crippen LogP contribution in [0.2, 0.25) is 0 Å². The lowest BCUT2D eigenvalue weighted by Crippen LogP contribution is -2.06. The Morgan fingerprint density at radius 3 is 2.75 bits per heavy atom. The molecule has 2 aromatic rings. The Hall–Kier alpha value is -1.49. The molecule has 0 aromatic carbocycles. The van der Waals surface area contributed by atoms with Gasteiger partial charge in [-0.25, -0.2) is 14.8 Å². The molecular weight excluding hydrogens is 272 g/mol. The van der Waals surface area contributed by atoms with Crippen LogP contribution < -0.4 is 0 Å². The Balaban J connectivity index is 1.71. The summed E-state index contributed by atoms with van der Waals surface area (Å²) in [6.45, 7) is 0. The van der Waals surface area contributed by atoms with Gasteiger partial charge in [0.05, 0.1) is 0 Å². The smallest absolute Gasteiger partial charge is 0.355 e. The summed E-state index contributed by atoms with van der Waals surface area (Å²) in [5.74, 6) is 0.810. The Labute approximate surface area is 119 Å². The number of carboxylic acids is 1. The first-order chi connectivity index (χ1) is 9.68. The highest BCUT2D eigenvalue weighted by Gasteiger charge is 2.64. The van der Waals surface area contributed by atoms with Gasteiger partial charge < -0.3 is 5.11 Å². The number of nitrogens with zero attached hydrogens (tertiary/aromatic N) is 2. The largest absolute Gasteiger partial charge is 0.476 e. The molecule has 3 saturated carbocycles. The number of carboxylic acid groups (broad SMARTS) is 1. The second-order valence-electron chi connectivity index (χ2n) is 6.50. The van der Waals surface area contributed by atoms with E-state index in [1.807, 2.05) is 0 Å². The van der Waals surface area contributed by atoms with Gasteiger partial charge in [-0.15, -0.1) is 11.3 Å². The molecule has 1 atom stereocenters. The van der Waals surface area contributed by atoms with Gasteiger partial charge >= 0.3 is 5.97 Å². The first-order valence-electron chi connectivity index (χ1n) is 7.20. The van der Waals surface area contributed by atoms with E-state index in [4.69, 9.17) is 4.98 Å². The molecule has 0 amide bonds. The molecule has 1 unspecified atom stereocenters. The van der Waals surface area contributed by atoms with Crippen molar-refractivity contribution in [3.8, 4) is 0 Å². The van der Waals surface area contributed by atoms with Gasteiger partial charge in [-0.05, 0) is 54.4 Å². The molecule has 0 aliphatic heterocycles.